The lowest BCUT2D eigenvalue weighted by Gasteiger charge is -2.43. The van der Waals surface area contributed by atoms with E-state index in [2.05, 4.69) is 15.9 Å². The van der Waals surface area contributed by atoms with E-state index in [-0.39, 0.29) is 11.9 Å². The van der Waals surface area contributed by atoms with Crippen LogP contribution in [0.4, 0.5) is 0 Å². The highest BCUT2D eigenvalue weighted by Crippen LogP contribution is 2.48. The minimum atomic E-state index is -0.635. The van der Waals surface area contributed by atoms with Crippen LogP contribution in [0.1, 0.15) is 18.4 Å². The van der Waals surface area contributed by atoms with Gasteiger partial charge >= 0.3 is 5.97 Å². The van der Waals surface area contributed by atoms with E-state index in [1.807, 2.05) is 24.3 Å². The fraction of sp³-hybridized carbons (Fsp3) is 0.385. The number of methoxy groups -OCH3 is 1. The Kier molecular flexibility index (Phi) is 3.33. The van der Waals surface area contributed by atoms with E-state index >= 15 is 0 Å². The maximum Gasteiger partial charge on any atom is 0.316 e. The minimum Gasteiger partial charge on any atom is -0.468 e. The molecule has 90 valence electrons. The van der Waals surface area contributed by atoms with Crippen molar-refractivity contribution in [1.29, 1.82) is 0 Å². The summed E-state index contributed by atoms with van der Waals surface area (Å²) in [5.41, 5.74) is 0.279. The summed E-state index contributed by atoms with van der Waals surface area (Å²) in [6, 6.07) is 7.61. The molecule has 1 aliphatic carbocycles. The zero-order valence-electron chi connectivity index (χ0n) is 9.48. The molecule has 0 spiro atoms. The summed E-state index contributed by atoms with van der Waals surface area (Å²) >= 11 is 3.39. The molecule has 0 aromatic heterocycles. The molecule has 17 heavy (non-hydrogen) atoms. The average Bonchev–Trinajstić information content (AvgIpc) is 2.28. The largest absolute Gasteiger partial charge is 0.468 e. The van der Waals surface area contributed by atoms with Crippen LogP contribution in [-0.4, -0.2) is 19.4 Å². The highest BCUT2D eigenvalue weighted by atomic mass is 79.9. The third-order valence-electron chi connectivity index (χ3n) is 3.37. The number of aldehydes is 1. The smallest absolute Gasteiger partial charge is 0.316 e. The third kappa shape index (κ3) is 2.02. The standard InChI is InChI=1S/C13H13BrO3/c1-17-12(16)13(6-9(7-13)8-15)10-3-2-4-11(14)5-10/h2-5,8-9H,6-7H2,1H3. The van der Waals surface area contributed by atoms with Crippen molar-refractivity contribution in [2.45, 2.75) is 18.3 Å². The number of carbonyl (C=O) groups excluding carboxylic acids is 2. The van der Waals surface area contributed by atoms with Crippen LogP contribution in [0.5, 0.6) is 0 Å². The second-order valence-corrected chi connectivity index (χ2v) is 5.30. The van der Waals surface area contributed by atoms with Gasteiger partial charge in [-0.2, -0.15) is 0 Å². The van der Waals surface area contributed by atoms with Crippen molar-refractivity contribution >= 4 is 28.2 Å². The predicted octanol–water partition coefficient (Wildman–Crippen LogP) is 2.47. The summed E-state index contributed by atoms with van der Waals surface area (Å²) < 4.78 is 5.80. The number of ether oxygens (including phenoxy) is 1. The Morgan fingerprint density at radius 1 is 1.53 bits per heavy atom. The predicted molar refractivity (Wildman–Crippen MR) is 66.6 cm³/mol. The van der Waals surface area contributed by atoms with E-state index in [1.165, 1.54) is 7.11 Å². The highest BCUT2D eigenvalue weighted by molar-refractivity contribution is 9.10. The Balaban J connectivity index is 2.36. The number of esters is 1. The summed E-state index contributed by atoms with van der Waals surface area (Å²) in [5, 5.41) is 0. The molecular weight excluding hydrogens is 284 g/mol. The number of benzene rings is 1. The first kappa shape index (κ1) is 12.3. The van der Waals surface area contributed by atoms with Crippen molar-refractivity contribution in [3.8, 4) is 0 Å². The first-order valence-electron chi connectivity index (χ1n) is 5.42. The van der Waals surface area contributed by atoms with Crippen LogP contribution in [0.3, 0.4) is 0 Å². The van der Waals surface area contributed by atoms with Gasteiger partial charge < -0.3 is 9.53 Å². The lowest BCUT2D eigenvalue weighted by molar-refractivity contribution is -0.154. The molecule has 0 radical (unpaired) electrons. The van der Waals surface area contributed by atoms with Gasteiger partial charge in [-0.05, 0) is 30.5 Å². The maximum absolute atomic E-state index is 11.9. The monoisotopic (exact) mass is 296 g/mol. The quantitative estimate of drug-likeness (QED) is 0.636. The van der Waals surface area contributed by atoms with E-state index in [9.17, 15) is 9.59 Å². The summed E-state index contributed by atoms with van der Waals surface area (Å²) in [4.78, 5) is 22.7. The number of hydrogen-bond donors (Lipinski definition) is 0. The molecule has 3 nitrogen and oxygen atoms in total. The van der Waals surface area contributed by atoms with Crippen molar-refractivity contribution in [3.63, 3.8) is 0 Å². The van der Waals surface area contributed by atoms with Crippen molar-refractivity contribution in [2.75, 3.05) is 7.11 Å². The lowest BCUT2D eigenvalue weighted by atomic mass is 9.59. The molecule has 0 saturated heterocycles. The number of hydrogen-bond acceptors (Lipinski definition) is 3. The molecule has 0 bridgehead atoms. The van der Waals surface area contributed by atoms with Gasteiger partial charge in [0, 0.05) is 10.4 Å². The third-order valence-corrected chi connectivity index (χ3v) is 3.86. The molecule has 2 rings (SSSR count). The van der Waals surface area contributed by atoms with Gasteiger partial charge in [-0.15, -0.1) is 0 Å². The zero-order valence-corrected chi connectivity index (χ0v) is 11.1. The van der Waals surface area contributed by atoms with Gasteiger partial charge in [0.15, 0.2) is 0 Å². The lowest BCUT2D eigenvalue weighted by Crippen LogP contribution is -2.49. The van der Waals surface area contributed by atoms with E-state index < -0.39 is 5.41 Å². The Morgan fingerprint density at radius 3 is 2.76 bits per heavy atom. The highest BCUT2D eigenvalue weighted by Gasteiger charge is 2.52. The Labute approximate surface area is 108 Å². The summed E-state index contributed by atoms with van der Waals surface area (Å²) in [6.45, 7) is 0. The van der Waals surface area contributed by atoms with Crippen molar-refractivity contribution in [1.82, 2.24) is 0 Å². The molecule has 0 aliphatic heterocycles. The molecule has 1 aromatic carbocycles. The molecule has 1 aliphatic rings. The fourth-order valence-corrected chi connectivity index (χ4v) is 2.83. The van der Waals surface area contributed by atoms with Crippen molar-refractivity contribution in [2.24, 2.45) is 5.92 Å². The summed E-state index contributed by atoms with van der Waals surface area (Å²) in [7, 11) is 1.39. The van der Waals surface area contributed by atoms with Crippen LogP contribution in [-0.2, 0) is 19.7 Å². The zero-order chi connectivity index (χ0) is 12.5. The van der Waals surface area contributed by atoms with E-state index in [4.69, 9.17) is 4.74 Å². The number of carbonyl (C=O) groups is 2. The molecule has 1 saturated carbocycles. The van der Waals surface area contributed by atoms with Gasteiger partial charge in [0.05, 0.1) is 12.5 Å². The average molecular weight is 297 g/mol. The first-order valence-corrected chi connectivity index (χ1v) is 6.21. The van der Waals surface area contributed by atoms with Crippen LogP contribution in [0.2, 0.25) is 0 Å². The molecule has 0 unspecified atom stereocenters. The SMILES string of the molecule is COC(=O)C1(c2cccc(Br)c2)CC(C=O)C1. The fourth-order valence-electron chi connectivity index (χ4n) is 2.43. The van der Waals surface area contributed by atoms with Crippen LogP contribution < -0.4 is 0 Å². The molecule has 0 heterocycles. The van der Waals surface area contributed by atoms with Crippen molar-refractivity contribution < 1.29 is 14.3 Å². The maximum atomic E-state index is 11.9. The molecule has 0 N–H and O–H groups in total. The minimum absolute atomic E-state index is 0.0342. The van der Waals surface area contributed by atoms with Gasteiger partial charge in [-0.1, -0.05) is 28.1 Å². The molecule has 0 amide bonds. The Hall–Kier alpha value is -1.16. The van der Waals surface area contributed by atoms with E-state index in [1.54, 1.807) is 0 Å². The Morgan fingerprint density at radius 2 is 2.24 bits per heavy atom. The summed E-state index contributed by atoms with van der Waals surface area (Å²) in [5.74, 6) is -0.290. The molecule has 0 atom stereocenters. The van der Waals surface area contributed by atoms with Gasteiger partial charge in [0.1, 0.15) is 6.29 Å². The number of rotatable bonds is 3. The molecular formula is C13H13BrO3. The molecule has 1 aromatic rings. The second-order valence-electron chi connectivity index (χ2n) is 4.39. The topological polar surface area (TPSA) is 43.4 Å². The van der Waals surface area contributed by atoms with Crippen molar-refractivity contribution in [3.05, 3.63) is 34.3 Å². The van der Waals surface area contributed by atoms with Gasteiger partial charge in [0.25, 0.3) is 0 Å². The molecule has 4 heteroatoms. The van der Waals surface area contributed by atoms with E-state index in [0.717, 1.165) is 16.3 Å². The van der Waals surface area contributed by atoms with Gasteiger partial charge in [-0.3, -0.25) is 4.79 Å². The second kappa shape index (κ2) is 4.61. The summed E-state index contributed by atoms with van der Waals surface area (Å²) in [6.07, 6.45) is 2.00. The normalized spacial score (nSPS) is 27.1. The van der Waals surface area contributed by atoms with Crippen LogP contribution in [0.15, 0.2) is 28.7 Å². The Bertz CT molecular complexity index is 450. The first-order chi connectivity index (χ1) is 8.12. The van der Waals surface area contributed by atoms with Crippen LogP contribution in [0.25, 0.3) is 0 Å². The van der Waals surface area contributed by atoms with Crippen LogP contribution in [0, 0.1) is 5.92 Å². The van der Waals surface area contributed by atoms with Gasteiger partial charge in [-0.25, -0.2) is 0 Å². The van der Waals surface area contributed by atoms with Crippen LogP contribution >= 0.6 is 15.9 Å². The van der Waals surface area contributed by atoms with Gasteiger partial charge in [0.2, 0.25) is 0 Å². The van der Waals surface area contributed by atoms with E-state index in [0.29, 0.717) is 12.8 Å². The molecule has 1 fully saturated rings. The number of halogens is 1.